The molecule has 0 saturated heterocycles. The maximum Gasteiger partial charge on any atom is 0.276 e. The van der Waals surface area contributed by atoms with Crippen LogP contribution in [0.1, 0.15) is 18.5 Å². The fraction of sp³-hybridized carbons (Fsp3) is 0.455. The Labute approximate surface area is 99.3 Å². The summed E-state index contributed by atoms with van der Waals surface area (Å²) in [4.78, 5) is 12.0. The van der Waals surface area contributed by atoms with Gasteiger partial charge in [0, 0.05) is 18.9 Å². The minimum absolute atomic E-state index is 0.0299. The maximum absolute atomic E-state index is 12.0. The van der Waals surface area contributed by atoms with Gasteiger partial charge in [-0.25, -0.2) is 4.52 Å². The molecule has 2 rings (SSSR count). The van der Waals surface area contributed by atoms with Gasteiger partial charge in [-0.15, -0.1) is 0 Å². The Balaban J connectivity index is 2.33. The smallest absolute Gasteiger partial charge is 0.276 e. The number of rotatable bonds is 4. The van der Waals surface area contributed by atoms with Crippen molar-refractivity contribution in [2.75, 3.05) is 5.75 Å². The molecule has 4 nitrogen and oxygen atoms in total. The van der Waals surface area contributed by atoms with Gasteiger partial charge in [0.1, 0.15) is 5.52 Å². The van der Waals surface area contributed by atoms with Crippen LogP contribution in [-0.4, -0.2) is 19.9 Å². The molecule has 0 aromatic carbocycles. The summed E-state index contributed by atoms with van der Waals surface area (Å²) in [5, 5.41) is 4.20. The van der Waals surface area contributed by atoms with Crippen LogP contribution in [0, 0.1) is 6.92 Å². The summed E-state index contributed by atoms with van der Waals surface area (Å²) in [5.41, 5.74) is 1.54. The molecule has 0 spiro atoms. The summed E-state index contributed by atoms with van der Waals surface area (Å²) in [6, 6.07) is 1.82. The molecular formula is C11H15N3OS. The fourth-order valence-electron chi connectivity index (χ4n) is 1.72. The van der Waals surface area contributed by atoms with E-state index >= 15 is 0 Å². The van der Waals surface area contributed by atoms with Crippen molar-refractivity contribution in [2.45, 2.75) is 26.3 Å². The van der Waals surface area contributed by atoms with Crippen molar-refractivity contribution in [1.29, 1.82) is 0 Å². The molecular weight excluding hydrogens is 222 g/mol. The number of nitrogens with zero attached hydrogens (tertiary/aromatic N) is 3. The number of thiol groups is 1. The topological polar surface area (TPSA) is 39.3 Å². The van der Waals surface area contributed by atoms with Crippen molar-refractivity contribution < 1.29 is 0 Å². The third-order valence-electron chi connectivity index (χ3n) is 2.53. The highest BCUT2D eigenvalue weighted by Gasteiger charge is 2.04. The van der Waals surface area contributed by atoms with Gasteiger partial charge in [0.2, 0.25) is 0 Å². The van der Waals surface area contributed by atoms with E-state index in [9.17, 15) is 4.79 Å². The molecule has 16 heavy (non-hydrogen) atoms. The minimum atomic E-state index is 0.0299. The Kier molecular flexibility index (Phi) is 3.33. The zero-order valence-corrected chi connectivity index (χ0v) is 10.2. The maximum atomic E-state index is 12.0. The van der Waals surface area contributed by atoms with E-state index in [0.29, 0.717) is 5.52 Å². The van der Waals surface area contributed by atoms with Crippen molar-refractivity contribution in [3.63, 3.8) is 0 Å². The lowest BCUT2D eigenvalue weighted by Gasteiger charge is -2.04. The zero-order chi connectivity index (χ0) is 11.5. The first kappa shape index (κ1) is 11.3. The Bertz CT molecular complexity index is 544. The largest absolute Gasteiger partial charge is 0.312 e. The third kappa shape index (κ3) is 2.14. The van der Waals surface area contributed by atoms with Crippen LogP contribution in [0.3, 0.4) is 0 Å². The number of hydrogen-bond donors (Lipinski definition) is 1. The summed E-state index contributed by atoms with van der Waals surface area (Å²) in [6.07, 6.45) is 5.62. The monoisotopic (exact) mass is 237 g/mol. The van der Waals surface area contributed by atoms with E-state index in [1.54, 1.807) is 15.3 Å². The molecule has 0 atom stereocenters. The lowest BCUT2D eigenvalue weighted by molar-refractivity contribution is 0.612. The average Bonchev–Trinajstić information content (AvgIpc) is 2.64. The standard InChI is InChI=1S/C11H15N3OS/c1-9-8-10-11(15)13(4-2-3-7-16)5-6-14(10)12-9/h5-6,8,16H,2-4,7H2,1H3. The first-order chi connectivity index (χ1) is 7.72. The van der Waals surface area contributed by atoms with Gasteiger partial charge in [-0.05, 0) is 31.6 Å². The molecule has 5 heteroatoms. The Morgan fingerprint density at radius 3 is 2.94 bits per heavy atom. The van der Waals surface area contributed by atoms with Crippen LogP contribution in [0.4, 0.5) is 0 Å². The van der Waals surface area contributed by atoms with Gasteiger partial charge in [0.05, 0.1) is 5.69 Å². The van der Waals surface area contributed by atoms with Gasteiger partial charge in [-0.3, -0.25) is 4.79 Å². The van der Waals surface area contributed by atoms with Gasteiger partial charge in [-0.1, -0.05) is 0 Å². The highest BCUT2D eigenvalue weighted by atomic mass is 32.1. The molecule has 2 heterocycles. The third-order valence-corrected chi connectivity index (χ3v) is 2.85. The molecule has 0 bridgehead atoms. The van der Waals surface area contributed by atoms with Crippen molar-refractivity contribution >= 4 is 18.1 Å². The molecule has 0 amide bonds. The van der Waals surface area contributed by atoms with Crippen molar-refractivity contribution in [3.05, 3.63) is 34.5 Å². The van der Waals surface area contributed by atoms with Crippen LogP contribution >= 0.6 is 12.6 Å². The number of aromatic nitrogens is 3. The second-order valence-electron chi connectivity index (χ2n) is 3.84. The van der Waals surface area contributed by atoms with Crippen LogP contribution < -0.4 is 5.56 Å². The molecule has 0 aliphatic rings. The number of fused-ring (bicyclic) bond motifs is 1. The first-order valence-corrected chi connectivity index (χ1v) is 6.02. The van der Waals surface area contributed by atoms with E-state index in [4.69, 9.17) is 0 Å². The minimum Gasteiger partial charge on any atom is -0.312 e. The summed E-state index contributed by atoms with van der Waals surface area (Å²) < 4.78 is 3.37. The number of unbranched alkanes of at least 4 members (excludes halogenated alkanes) is 1. The van der Waals surface area contributed by atoms with Gasteiger partial charge < -0.3 is 4.57 Å². The average molecular weight is 237 g/mol. The summed E-state index contributed by atoms with van der Waals surface area (Å²) >= 11 is 4.15. The van der Waals surface area contributed by atoms with Gasteiger partial charge >= 0.3 is 0 Å². The Morgan fingerprint density at radius 1 is 1.38 bits per heavy atom. The number of aryl methyl sites for hydroxylation is 2. The second kappa shape index (κ2) is 4.74. The molecule has 0 saturated carbocycles. The van der Waals surface area contributed by atoms with Crippen molar-refractivity contribution in [1.82, 2.24) is 14.2 Å². The van der Waals surface area contributed by atoms with Crippen molar-refractivity contribution in [3.8, 4) is 0 Å². The van der Waals surface area contributed by atoms with E-state index in [1.165, 1.54) is 0 Å². The Hall–Kier alpha value is -1.23. The van der Waals surface area contributed by atoms with Crippen LogP contribution in [0.15, 0.2) is 23.3 Å². The lowest BCUT2D eigenvalue weighted by atomic mass is 10.3. The lowest BCUT2D eigenvalue weighted by Crippen LogP contribution is -2.21. The van der Waals surface area contributed by atoms with Gasteiger partial charge in [0.25, 0.3) is 5.56 Å². The van der Waals surface area contributed by atoms with E-state index in [1.807, 2.05) is 19.2 Å². The normalized spacial score (nSPS) is 11.1. The fourth-order valence-corrected chi connectivity index (χ4v) is 1.94. The molecule has 2 aromatic heterocycles. The summed E-state index contributed by atoms with van der Waals surface area (Å²) in [6.45, 7) is 2.64. The molecule has 0 fully saturated rings. The molecule has 2 aromatic rings. The molecule has 0 aliphatic heterocycles. The van der Waals surface area contributed by atoms with E-state index in [-0.39, 0.29) is 5.56 Å². The quantitative estimate of drug-likeness (QED) is 0.647. The predicted octanol–water partition coefficient (Wildman–Crippen LogP) is 1.51. The zero-order valence-electron chi connectivity index (χ0n) is 9.26. The van der Waals surface area contributed by atoms with E-state index < -0.39 is 0 Å². The van der Waals surface area contributed by atoms with Crippen LogP contribution in [0.25, 0.3) is 5.52 Å². The van der Waals surface area contributed by atoms with Gasteiger partial charge in [0.15, 0.2) is 0 Å². The number of hydrogen-bond acceptors (Lipinski definition) is 3. The van der Waals surface area contributed by atoms with E-state index in [2.05, 4.69) is 17.7 Å². The van der Waals surface area contributed by atoms with E-state index in [0.717, 1.165) is 30.8 Å². The summed E-state index contributed by atoms with van der Waals surface area (Å²) in [5.74, 6) is 0.864. The second-order valence-corrected chi connectivity index (χ2v) is 4.29. The Morgan fingerprint density at radius 2 is 2.19 bits per heavy atom. The van der Waals surface area contributed by atoms with Crippen molar-refractivity contribution in [2.24, 2.45) is 0 Å². The predicted molar refractivity (Wildman–Crippen MR) is 67.3 cm³/mol. The molecule has 0 aliphatic carbocycles. The molecule has 86 valence electrons. The summed E-state index contributed by atoms with van der Waals surface area (Å²) in [7, 11) is 0. The van der Waals surface area contributed by atoms with Gasteiger partial charge in [-0.2, -0.15) is 17.7 Å². The SMILES string of the molecule is Cc1cc2c(=O)n(CCCCS)ccn2n1. The van der Waals surface area contributed by atoms with Crippen LogP contribution in [0.2, 0.25) is 0 Å². The highest BCUT2D eigenvalue weighted by molar-refractivity contribution is 7.80. The van der Waals surface area contributed by atoms with Crippen LogP contribution in [-0.2, 0) is 6.54 Å². The van der Waals surface area contributed by atoms with Crippen LogP contribution in [0.5, 0.6) is 0 Å². The molecule has 0 N–H and O–H groups in total. The molecule has 0 radical (unpaired) electrons. The molecule has 0 unspecified atom stereocenters. The first-order valence-electron chi connectivity index (χ1n) is 5.38. The highest BCUT2D eigenvalue weighted by Crippen LogP contribution is 2.01.